The van der Waals surface area contributed by atoms with Crippen molar-refractivity contribution in [2.24, 2.45) is 0 Å². The number of halogens is 2. The topological polar surface area (TPSA) is 75.3 Å². The number of nitrogens with one attached hydrogen (secondary N) is 2. The summed E-state index contributed by atoms with van der Waals surface area (Å²) in [4.78, 5) is 39.1. The molecule has 206 valence electrons. The maximum Gasteiger partial charge on any atom is 0.272 e. The first-order chi connectivity index (χ1) is 20.4. The van der Waals surface area contributed by atoms with Crippen LogP contribution in [0.25, 0.3) is 22.9 Å². The van der Waals surface area contributed by atoms with Crippen LogP contribution in [-0.4, -0.2) is 17.6 Å². The van der Waals surface area contributed by atoms with Crippen LogP contribution in [0.1, 0.15) is 31.8 Å². The summed E-state index contributed by atoms with van der Waals surface area (Å²) in [5.41, 5.74) is 2.65. The minimum atomic E-state index is -0.578. The molecule has 42 heavy (non-hydrogen) atoms. The first kappa shape index (κ1) is 28.6. The van der Waals surface area contributed by atoms with Crippen molar-refractivity contribution < 1.29 is 14.4 Å². The van der Waals surface area contributed by atoms with Crippen molar-refractivity contribution in [3.63, 3.8) is 0 Å². The number of anilines is 1. The average molecular weight is 591 g/mol. The number of ketones is 1. The van der Waals surface area contributed by atoms with E-state index in [0.29, 0.717) is 27.4 Å². The smallest absolute Gasteiger partial charge is 0.272 e. The van der Waals surface area contributed by atoms with Gasteiger partial charge in [-0.05, 0) is 76.5 Å². The molecule has 0 unspecified atom stereocenters. The number of allylic oxidation sites excluding steroid dienone is 1. The Morgan fingerprint density at radius 1 is 0.643 bits per heavy atom. The molecule has 0 saturated heterocycles. The van der Waals surface area contributed by atoms with Gasteiger partial charge in [0.15, 0.2) is 5.78 Å². The maximum atomic E-state index is 13.3. The first-order valence-electron chi connectivity index (χ1n) is 13.0. The van der Waals surface area contributed by atoms with Gasteiger partial charge in [0.25, 0.3) is 11.8 Å². The molecule has 5 nitrogen and oxygen atoms in total. The molecule has 0 aliphatic rings. The van der Waals surface area contributed by atoms with Gasteiger partial charge < -0.3 is 10.6 Å². The summed E-state index contributed by atoms with van der Waals surface area (Å²) in [5.74, 6) is -1.22. The number of hydrogen-bond acceptors (Lipinski definition) is 3. The zero-order valence-corrected chi connectivity index (χ0v) is 23.7. The molecule has 0 aromatic heterocycles. The second kappa shape index (κ2) is 13.1. The van der Waals surface area contributed by atoms with Gasteiger partial charge in [0, 0.05) is 16.8 Å². The Hall–Kier alpha value is -4.97. The molecule has 7 heteroatoms. The second-order valence-corrected chi connectivity index (χ2v) is 10.1. The second-order valence-electron chi connectivity index (χ2n) is 9.32. The fourth-order valence-corrected chi connectivity index (χ4v) is 4.67. The van der Waals surface area contributed by atoms with Crippen molar-refractivity contribution in [2.75, 3.05) is 5.32 Å². The maximum absolute atomic E-state index is 13.3. The normalized spacial score (nSPS) is 11.4. The van der Waals surface area contributed by atoms with Crippen molar-refractivity contribution in [1.82, 2.24) is 5.32 Å². The standard InChI is InChI=1S/C35H24Cl2N2O3/c36-30-15-7-13-27(33(30)37)22-31(39-34(41)26-9-2-1-3-10-26)35(42)38-28-19-16-25(17-20-28)32(40)21-18-24-12-6-11-23-8-4-5-14-29(23)24/h1-22H,(H,38,42)(H,39,41)/b21-18+,31-22-. The van der Waals surface area contributed by atoms with Crippen LogP contribution in [0.5, 0.6) is 0 Å². The predicted molar refractivity (Wildman–Crippen MR) is 171 cm³/mol. The summed E-state index contributed by atoms with van der Waals surface area (Å²) in [5, 5.41) is 8.16. The zero-order chi connectivity index (χ0) is 29.5. The van der Waals surface area contributed by atoms with Crippen LogP contribution >= 0.6 is 23.2 Å². The number of carbonyl (C=O) groups excluding carboxylic acids is 3. The highest BCUT2D eigenvalue weighted by atomic mass is 35.5. The fourth-order valence-electron chi connectivity index (χ4n) is 4.30. The molecule has 5 aromatic rings. The van der Waals surface area contributed by atoms with Crippen LogP contribution in [-0.2, 0) is 4.79 Å². The Morgan fingerprint density at radius 3 is 2.10 bits per heavy atom. The summed E-state index contributed by atoms with van der Waals surface area (Å²) in [6, 6.07) is 34.0. The number of rotatable bonds is 8. The molecule has 0 heterocycles. The van der Waals surface area contributed by atoms with E-state index in [0.717, 1.165) is 16.3 Å². The molecule has 0 atom stereocenters. The fraction of sp³-hybridized carbons (Fsp3) is 0. The van der Waals surface area contributed by atoms with Gasteiger partial charge in [-0.1, -0.05) is 102 Å². The summed E-state index contributed by atoms with van der Waals surface area (Å²) < 4.78 is 0. The van der Waals surface area contributed by atoms with Crippen LogP contribution < -0.4 is 10.6 Å². The number of fused-ring (bicyclic) bond motifs is 1. The number of hydrogen-bond donors (Lipinski definition) is 2. The van der Waals surface area contributed by atoms with E-state index in [1.54, 1.807) is 78.9 Å². The third kappa shape index (κ3) is 6.84. The van der Waals surface area contributed by atoms with Gasteiger partial charge in [-0.2, -0.15) is 0 Å². The summed E-state index contributed by atoms with van der Waals surface area (Å²) in [6.07, 6.45) is 4.79. The molecule has 0 aliphatic heterocycles. The molecule has 0 radical (unpaired) electrons. The molecular weight excluding hydrogens is 567 g/mol. The lowest BCUT2D eigenvalue weighted by Crippen LogP contribution is -2.30. The summed E-state index contributed by atoms with van der Waals surface area (Å²) >= 11 is 12.5. The highest BCUT2D eigenvalue weighted by Gasteiger charge is 2.16. The van der Waals surface area contributed by atoms with Gasteiger partial charge in [0.05, 0.1) is 10.0 Å². The Labute approximate surface area is 253 Å². The quantitative estimate of drug-likeness (QED) is 0.140. The summed E-state index contributed by atoms with van der Waals surface area (Å²) in [7, 11) is 0. The van der Waals surface area contributed by atoms with Crippen LogP contribution in [0, 0.1) is 0 Å². The molecule has 2 N–H and O–H groups in total. The Morgan fingerprint density at radius 2 is 1.31 bits per heavy atom. The van der Waals surface area contributed by atoms with Crippen LogP contribution in [0.2, 0.25) is 10.0 Å². The van der Waals surface area contributed by atoms with Gasteiger partial charge >= 0.3 is 0 Å². The van der Waals surface area contributed by atoms with E-state index in [1.807, 2.05) is 42.5 Å². The van der Waals surface area contributed by atoms with E-state index in [9.17, 15) is 14.4 Å². The van der Waals surface area contributed by atoms with E-state index in [1.165, 1.54) is 12.2 Å². The van der Waals surface area contributed by atoms with Crippen LogP contribution in [0.4, 0.5) is 5.69 Å². The lowest BCUT2D eigenvalue weighted by Gasteiger charge is -2.12. The predicted octanol–water partition coefficient (Wildman–Crippen LogP) is 8.45. The minimum Gasteiger partial charge on any atom is -0.321 e. The monoisotopic (exact) mass is 590 g/mol. The molecule has 0 fully saturated rings. The number of carbonyl (C=O) groups is 3. The van der Waals surface area contributed by atoms with E-state index >= 15 is 0 Å². The number of amides is 2. The third-order valence-electron chi connectivity index (χ3n) is 6.48. The zero-order valence-electron chi connectivity index (χ0n) is 22.2. The van der Waals surface area contributed by atoms with Crippen molar-refractivity contribution in [3.8, 4) is 0 Å². The SMILES string of the molecule is O=C(Nc1ccc(C(=O)/C=C/c2cccc3ccccc23)cc1)/C(=C/c1cccc(Cl)c1Cl)NC(=O)c1ccccc1. The largest absolute Gasteiger partial charge is 0.321 e. The highest BCUT2D eigenvalue weighted by Crippen LogP contribution is 2.27. The lowest BCUT2D eigenvalue weighted by atomic mass is 10.0. The van der Waals surface area contributed by atoms with Gasteiger partial charge in [0.2, 0.25) is 0 Å². The Bertz CT molecular complexity index is 1840. The summed E-state index contributed by atoms with van der Waals surface area (Å²) in [6.45, 7) is 0. The minimum absolute atomic E-state index is 0.0359. The van der Waals surface area contributed by atoms with Crippen molar-refractivity contribution in [3.05, 3.63) is 159 Å². The molecule has 0 bridgehead atoms. The van der Waals surface area contributed by atoms with E-state index < -0.39 is 11.8 Å². The van der Waals surface area contributed by atoms with Gasteiger partial charge in [-0.25, -0.2) is 0 Å². The van der Waals surface area contributed by atoms with Crippen molar-refractivity contribution in [1.29, 1.82) is 0 Å². The van der Waals surface area contributed by atoms with Crippen LogP contribution in [0.15, 0.2) is 127 Å². The Balaban J connectivity index is 1.33. The van der Waals surface area contributed by atoms with E-state index in [-0.39, 0.29) is 16.5 Å². The molecule has 2 amide bonds. The van der Waals surface area contributed by atoms with E-state index in [4.69, 9.17) is 23.2 Å². The van der Waals surface area contributed by atoms with E-state index in [2.05, 4.69) is 10.6 Å². The first-order valence-corrected chi connectivity index (χ1v) is 13.8. The lowest BCUT2D eigenvalue weighted by molar-refractivity contribution is -0.113. The average Bonchev–Trinajstić information content (AvgIpc) is 3.02. The molecule has 0 saturated carbocycles. The molecular formula is C35H24Cl2N2O3. The van der Waals surface area contributed by atoms with Crippen molar-refractivity contribution >= 4 is 69.4 Å². The molecule has 0 spiro atoms. The van der Waals surface area contributed by atoms with Crippen molar-refractivity contribution in [2.45, 2.75) is 0 Å². The van der Waals surface area contributed by atoms with Gasteiger partial charge in [0.1, 0.15) is 5.70 Å². The van der Waals surface area contributed by atoms with Gasteiger partial charge in [-0.3, -0.25) is 14.4 Å². The molecule has 5 aromatic carbocycles. The van der Waals surface area contributed by atoms with Gasteiger partial charge in [-0.15, -0.1) is 0 Å². The highest BCUT2D eigenvalue weighted by molar-refractivity contribution is 6.43. The van der Waals surface area contributed by atoms with Crippen LogP contribution in [0.3, 0.4) is 0 Å². The Kier molecular flexibility index (Phi) is 8.93. The number of benzene rings is 5. The molecule has 5 rings (SSSR count). The molecule has 0 aliphatic carbocycles. The third-order valence-corrected chi connectivity index (χ3v) is 7.31.